The van der Waals surface area contributed by atoms with Gasteiger partial charge in [-0.25, -0.2) is 0 Å². The summed E-state index contributed by atoms with van der Waals surface area (Å²) in [5.74, 6) is 1.41. The fourth-order valence-electron chi connectivity index (χ4n) is 1.85. The van der Waals surface area contributed by atoms with Crippen LogP contribution in [0.5, 0.6) is 0 Å². The number of Topliss-reactive ketones (excluding diaryl/α,β-unsaturated/α-hetero) is 1. The van der Waals surface area contributed by atoms with Crippen molar-refractivity contribution in [3.05, 3.63) is 12.2 Å². The second-order valence-electron chi connectivity index (χ2n) is 3.70. The fourth-order valence-corrected chi connectivity index (χ4v) is 1.85. The Balaban J connectivity index is 2.39. The zero-order valence-corrected chi connectivity index (χ0v) is 8.05. The molecule has 0 spiro atoms. The molecular formula is C11H18O. The highest BCUT2D eigenvalue weighted by atomic mass is 16.1. The summed E-state index contributed by atoms with van der Waals surface area (Å²) in [5.41, 5.74) is 0. The molecule has 1 rings (SSSR count). The minimum atomic E-state index is 0.327. The van der Waals surface area contributed by atoms with Crippen LogP contribution >= 0.6 is 0 Å². The smallest absolute Gasteiger partial charge is 0.136 e. The van der Waals surface area contributed by atoms with E-state index in [4.69, 9.17) is 0 Å². The van der Waals surface area contributed by atoms with E-state index < -0.39 is 0 Å². The van der Waals surface area contributed by atoms with Gasteiger partial charge in [-0.05, 0) is 25.2 Å². The van der Waals surface area contributed by atoms with Crippen LogP contribution in [-0.2, 0) is 4.79 Å². The molecule has 0 aromatic carbocycles. The van der Waals surface area contributed by atoms with Crippen LogP contribution in [0.25, 0.3) is 0 Å². The van der Waals surface area contributed by atoms with E-state index in [1.165, 1.54) is 0 Å². The highest BCUT2D eigenvalue weighted by molar-refractivity contribution is 5.83. The summed E-state index contributed by atoms with van der Waals surface area (Å²) in [6.45, 7) is 4.31. The third-order valence-corrected chi connectivity index (χ3v) is 2.74. The van der Waals surface area contributed by atoms with Gasteiger partial charge in [0.2, 0.25) is 0 Å². The van der Waals surface area contributed by atoms with Crippen LogP contribution in [0, 0.1) is 11.8 Å². The molecule has 68 valence electrons. The number of allylic oxidation sites excluding steroid dienone is 2. The molecule has 1 saturated carbocycles. The normalized spacial score (nSPS) is 30.3. The van der Waals surface area contributed by atoms with Crippen molar-refractivity contribution in [2.45, 2.75) is 39.5 Å². The second kappa shape index (κ2) is 4.44. The number of hydrogen-bond acceptors (Lipinski definition) is 1. The van der Waals surface area contributed by atoms with E-state index in [0.29, 0.717) is 17.6 Å². The molecule has 0 aromatic heterocycles. The fraction of sp³-hybridized carbons (Fsp3) is 0.727. The number of hydrogen-bond donors (Lipinski definition) is 0. The van der Waals surface area contributed by atoms with E-state index in [1.54, 1.807) is 0 Å². The van der Waals surface area contributed by atoms with Crippen LogP contribution in [0.15, 0.2) is 12.2 Å². The van der Waals surface area contributed by atoms with Crippen LogP contribution in [0.1, 0.15) is 39.5 Å². The number of rotatable bonds is 3. The largest absolute Gasteiger partial charge is 0.299 e. The van der Waals surface area contributed by atoms with Crippen molar-refractivity contribution in [1.82, 2.24) is 0 Å². The first kappa shape index (κ1) is 9.50. The molecule has 0 heterocycles. The average molecular weight is 166 g/mol. The van der Waals surface area contributed by atoms with E-state index >= 15 is 0 Å². The van der Waals surface area contributed by atoms with E-state index in [-0.39, 0.29) is 0 Å². The quantitative estimate of drug-likeness (QED) is 0.589. The molecule has 2 atom stereocenters. The van der Waals surface area contributed by atoms with Crippen LogP contribution in [-0.4, -0.2) is 5.78 Å². The lowest BCUT2D eigenvalue weighted by molar-refractivity contribution is -0.121. The van der Waals surface area contributed by atoms with Gasteiger partial charge < -0.3 is 0 Å². The molecule has 1 nitrogen and oxygen atoms in total. The van der Waals surface area contributed by atoms with E-state index in [9.17, 15) is 4.79 Å². The van der Waals surface area contributed by atoms with Gasteiger partial charge >= 0.3 is 0 Å². The van der Waals surface area contributed by atoms with Crippen molar-refractivity contribution >= 4 is 5.78 Å². The predicted molar refractivity (Wildman–Crippen MR) is 50.9 cm³/mol. The lowest BCUT2D eigenvalue weighted by Gasteiger charge is -2.10. The van der Waals surface area contributed by atoms with Crippen LogP contribution in [0.3, 0.4) is 0 Å². The summed E-state index contributed by atoms with van der Waals surface area (Å²) in [5, 5.41) is 0. The van der Waals surface area contributed by atoms with Crippen molar-refractivity contribution in [3.63, 3.8) is 0 Å². The summed E-state index contributed by atoms with van der Waals surface area (Å²) in [4.78, 5) is 11.3. The molecule has 0 N–H and O–H groups in total. The maximum atomic E-state index is 11.3. The molecule has 0 aromatic rings. The van der Waals surface area contributed by atoms with Gasteiger partial charge in [-0.2, -0.15) is 0 Å². The van der Waals surface area contributed by atoms with E-state index in [1.807, 2.05) is 0 Å². The highest BCUT2D eigenvalue weighted by Gasteiger charge is 2.29. The molecule has 2 unspecified atom stereocenters. The van der Waals surface area contributed by atoms with Gasteiger partial charge in [0.15, 0.2) is 0 Å². The Bertz CT molecular complexity index is 181. The van der Waals surface area contributed by atoms with Crippen LogP contribution < -0.4 is 0 Å². The number of ketones is 1. The maximum absolute atomic E-state index is 11.3. The molecule has 0 bridgehead atoms. The zero-order chi connectivity index (χ0) is 8.97. The van der Waals surface area contributed by atoms with E-state index in [2.05, 4.69) is 26.0 Å². The summed E-state index contributed by atoms with van der Waals surface area (Å²) in [7, 11) is 0. The lowest BCUT2D eigenvalue weighted by atomic mass is 9.94. The van der Waals surface area contributed by atoms with Gasteiger partial charge in [-0.3, -0.25) is 4.79 Å². The molecule has 1 heteroatoms. The molecule has 0 saturated heterocycles. The maximum Gasteiger partial charge on any atom is 0.136 e. The topological polar surface area (TPSA) is 17.1 Å². The molecule has 1 aliphatic carbocycles. The Morgan fingerprint density at radius 1 is 1.50 bits per heavy atom. The number of carbonyl (C=O) groups is 1. The minimum absolute atomic E-state index is 0.327. The summed E-state index contributed by atoms with van der Waals surface area (Å²) >= 11 is 0. The minimum Gasteiger partial charge on any atom is -0.299 e. The summed E-state index contributed by atoms with van der Waals surface area (Å²) in [6.07, 6.45) is 8.26. The molecular weight excluding hydrogens is 148 g/mol. The van der Waals surface area contributed by atoms with Crippen molar-refractivity contribution in [2.75, 3.05) is 0 Å². The zero-order valence-electron chi connectivity index (χ0n) is 8.05. The van der Waals surface area contributed by atoms with Crippen molar-refractivity contribution in [2.24, 2.45) is 11.8 Å². The van der Waals surface area contributed by atoms with Crippen LogP contribution in [0.2, 0.25) is 0 Å². The first-order chi connectivity index (χ1) is 5.75. The predicted octanol–water partition coefficient (Wildman–Crippen LogP) is 2.96. The third kappa shape index (κ3) is 2.20. The lowest BCUT2D eigenvalue weighted by Crippen LogP contribution is -2.10. The van der Waals surface area contributed by atoms with Gasteiger partial charge in [0.25, 0.3) is 0 Å². The Labute approximate surface area is 74.9 Å². The van der Waals surface area contributed by atoms with Gasteiger partial charge in [0.05, 0.1) is 0 Å². The van der Waals surface area contributed by atoms with Crippen molar-refractivity contribution in [3.8, 4) is 0 Å². The van der Waals surface area contributed by atoms with Crippen molar-refractivity contribution < 1.29 is 4.79 Å². The van der Waals surface area contributed by atoms with Gasteiger partial charge in [0, 0.05) is 12.3 Å². The van der Waals surface area contributed by atoms with Crippen LogP contribution in [0.4, 0.5) is 0 Å². The number of carbonyl (C=O) groups excluding carboxylic acids is 1. The third-order valence-electron chi connectivity index (χ3n) is 2.74. The molecule has 0 radical (unpaired) electrons. The Morgan fingerprint density at radius 2 is 2.25 bits per heavy atom. The monoisotopic (exact) mass is 166 g/mol. The summed E-state index contributed by atoms with van der Waals surface area (Å²) < 4.78 is 0. The van der Waals surface area contributed by atoms with Gasteiger partial charge in [0.1, 0.15) is 5.78 Å². The highest BCUT2D eigenvalue weighted by Crippen LogP contribution is 2.30. The Kier molecular flexibility index (Phi) is 3.51. The first-order valence-electron chi connectivity index (χ1n) is 4.93. The molecule has 0 amide bonds. The molecule has 1 aliphatic rings. The second-order valence-corrected chi connectivity index (χ2v) is 3.70. The van der Waals surface area contributed by atoms with Crippen molar-refractivity contribution in [1.29, 1.82) is 0 Å². The molecule has 1 fully saturated rings. The Morgan fingerprint density at radius 3 is 2.75 bits per heavy atom. The molecule has 12 heavy (non-hydrogen) atoms. The Hall–Kier alpha value is -0.590. The first-order valence-corrected chi connectivity index (χ1v) is 4.93. The molecule has 0 aliphatic heterocycles. The van der Waals surface area contributed by atoms with E-state index in [0.717, 1.165) is 25.7 Å². The average Bonchev–Trinajstić information content (AvgIpc) is 2.35. The SMILES string of the molecule is CC/C=C\CC1C(=O)CCC1C. The summed E-state index contributed by atoms with van der Waals surface area (Å²) in [6, 6.07) is 0. The van der Waals surface area contributed by atoms with Gasteiger partial charge in [-0.1, -0.05) is 26.0 Å². The van der Waals surface area contributed by atoms with Gasteiger partial charge in [-0.15, -0.1) is 0 Å². The standard InChI is InChI=1S/C11H18O/c1-3-4-5-6-10-9(2)7-8-11(10)12/h4-5,9-10H,3,6-8H2,1-2H3/b5-4-.